The second-order valence-corrected chi connectivity index (χ2v) is 6.87. The normalized spacial score (nSPS) is 10.6. The Kier molecular flexibility index (Phi) is 5.17. The third-order valence-electron chi connectivity index (χ3n) is 3.45. The Morgan fingerprint density at radius 1 is 1.23 bits per heavy atom. The van der Waals surface area contributed by atoms with Gasteiger partial charge in [0, 0.05) is 22.6 Å². The van der Waals surface area contributed by atoms with E-state index in [-0.39, 0.29) is 21.6 Å². The van der Waals surface area contributed by atoms with Crippen LogP contribution in [0.5, 0.6) is 0 Å². The predicted molar refractivity (Wildman–Crippen MR) is 101 cm³/mol. The number of aromatic nitrogens is 2. The van der Waals surface area contributed by atoms with Gasteiger partial charge in [0.05, 0.1) is 15.6 Å². The van der Waals surface area contributed by atoms with Gasteiger partial charge in [-0.25, -0.2) is 9.97 Å². The molecule has 0 aliphatic rings. The van der Waals surface area contributed by atoms with Crippen molar-refractivity contribution in [2.24, 2.45) is 0 Å². The molecule has 3 aromatic rings. The number of rotatable bonds is 4. The Hall–Kier alpha value is -2.55. The zero-order chi connectivity index (χ0) is 18.8. The summed E-state index contributed by atoms with van der Waals surface area (Å²) in [4.78, 5) is 31.1. The smallest absolute Gasteiger partial charge is 0.277 e. The first-order valence-corrected chi connectivity index (χ1v) is 8.83. The van der Waals surface area contributed by atoms with Crippen molar-refractivity contribution in [2.45, 2.75) is 6.92 Å². The molecular formula is C16H10Cl2N4O3S. The Bertz CT molecular complexity index is 1020. The van der Waals surface area contributed by atoms with Crippen LogP contribution in [0.2, 0.25) is 10.2 Å². The fraction of sp³-hybridized carbons (Fsp3) is 0.0625. The minimum atomic E-state index is -0.548. The average Bonchev–Trinajstić information content (AvgIpc) is 3.05. The van der Waals surface area contributed by atoms with Crippen LogP contribution in [0.3, 0.4) is 0 Å². The Balaban J connectivity index is 1.84. The maximum absolute atomic E-state index is 12.3. The van der Waals surface area contributed by atoms with E-state index >= 15 is 0 Å². The number of hydrogen-bond donors (Lipinski definition) is 1. The van der Waals surface area contributed by atoms with Crippen molar-refractivity contribution < 1.29 is 9.72 Å². The summed E-state index contributed by atoms with van der Waals surface area (Å²) in [6.07, 6.45) is 0. The standard InChI is InChI=1S/C16H10Cl2N4O3S/c1-8-2-3-9(6-12(8)22(24)25)11-7-26-16(19-11)21-15(23)14-10(17)4-5-13(18)20-14/h2-7H,1H3,(H,19,21,23). The van der Waals surface area contributed by atoms with Gasteiger partial charge in [0.1, 0.15) is 10.8 Å². The van der Waals surface area contributed by atoms with Gasteiger partial charge in [-0.2, -0.15) is 0 Å². The highest BCUT2D eigenvalue weighted by Crippen LogP contribution is 2.29. The van der Waals surface area contributed by atoms with E-state index in [2.05, 4.69) is 15.3 Å². The SMILES string of the molecule is Cc1ccc(-c2csc(NC(=O)c3nc(Cl)ccc3Cl)n2)cc1[N+](=O)[O-]. The van der Waals surface area contributed by atoms with Gasteiger partial charge in [-0.1, -0.05) is 35.3 Å². The van der Waals surface area contributed by atoms with Gasteiger partial charge in [-0.15, -0.1) is 11.3 Å². The van der Waals surface area contributed by atoms with E-state index in [0.717, 1.165) is 0 Å². The van der Waals surface area contributed by atoms with Crippen molar-refractivity contribution in [1.82, 2.24) is 9.97 Å². The van der Waals surface area contributed by atoms with Crippen molar-refractivity contribution in [3.05, 3.63) is 67.3 Å². The lowest BCUT2D eigenvalue weighted by molar-refractivity contribution is -0.385. The minimum absolute atomic E-state index is 0.0102. The van der Waals surface area contributed by atoms with E-state index in [9.17, 15) is 14.9 Å². The second kappa shape index (κ2) is 7.36. The first-order valence-electron chi connectivity index (χ1n) is 7.19. The molecule has 3 rings (SSSR count). The number of amides is 1. The Labute approximate surface area is 161 Å². The molecule has 0 fully saturated rings. The van der Waals surface area contributed by atoms with Crippen LogP contribution < -0.4 is 5.32 Å². The van der Waals surface area contributed by atoms with Gasteiger partial charge in [-0.3, -0.25) is 20.2 Å². The third-order valence-corrected chi connectivity index (χ3v) is 4.73. The Morgan fingerprint density at radius 3 is 2.73 bits per heavy atom. The molecule has 0 spiro atoms. The zero-order valence-corrected chi connectivity index (χ0v) is 15.5. The van der Waals surface area contributed by atoms with Crippen LogP contribution in [-0.4, -0.2) is 20.8 Å². The molecule has 1 aromatic carbocycles. The molecule has 132 valence electrons. The van der Waals surface area contributed by atoms with E-state index in [1.165, 1.54) is 29.5 Å². The van der Waals surface area contributed by atoms with Crippen LogP contribution >= 0.6 is 34.5 Å². The molecule has 10 heteroatoms. The minimum Gasteiger partial charge on any atom is -0.296 e. The van der Waals surface area contributed by atoms with Crippen molar-refractivity contribution in [3.8, 4) is 11.3 Å². The van der Waals surface area contributed by atoms with Crippen LogP contribution in [-0.2, 0) is 0 Å². The number of hydrogen-bond acceptors (Lipinski definition) is 6. The third kappa shape index (κ3) is 3.82. The molecule has 1 N–H and O–H groups in total. The molecular weight excluding hydrogens is 399 g/mol. The maximum atomic E-state index is 12.3. The summed E-state index contributed by atoms with van der Waals surface area (Å²) in [7, 11) is 0. The first kappa shape index (κ1) is 18.2. The highest BCUT2D eigenvalue weighted by atomic mass is 35.5. The van der Waals surface area contributed by atoms with E-state index < -0.39 is 10.8 Å². The van der Waals surface area contributed by atoms with Crippen LogP contribution in [0.25, 0.3) is 11.3 Å². The van der Waals surface area contributed by atoms with Crippen molar-refractivity contribution in [1.29, 1.82) is 0 Å². The maximum Gasteiger partial charge on any atom is 0.277 e. The van der Waals surface area contributed by atoms with Gasteiger partial charge in [-0.05, 0) is 19.1 Å². The van der Waals surface area contributed by atoms with E-state index in [0.29, 0.717) is 22.0 Å². The van der Waals surface area contributed by atoms with Crippen molar-refractivity contribution >= 4 is 51.3 Å². The number of carbonyl (C=O) groups excluding carboxylic acids is 1. The van der Waals surface area contributed by atoms with Crippen LogP contribution in [0.4, 0.5) is 10.8 Å². The fourth-order valence-electron chi connectivity index (χ4n) is 2.16. The molecule has 0 radical (unpaired) electrons. The largest absolute Gasteiger partial charge is 0.296 e. The summed E-state index contributed by atoms with van der Waals surface area (Å²) in [5.74, 6) is -0.548. The highest BCUT2D eigenvalue weighted by molar-refractivity contribution is 7.14. The zero-order valence-electron chi connectivity index (χ0n) is 13.2. The number of nitro groups is 1. The molecule has 0 unspecified atom stereocenters. The lowest BCUT2D eigenvalue weighted by Crippen LogP contribution is -2.14. The van der Waals surface area contributed by atoms with Crippen LogP contribution in [0.1, 0.15) is 16.1 Å². The number of nitrogens with zero attached hydrogens (tertiary/aromatic N) is 3. The highest BCUT2D eigenvalue weighted by Gasteiger charge is 2.17. The molecule has 0 saturated carbocycles. The molecule has 0 atom stereocenters. The monoisotopic (exact) mass is 408 g/mol. The lowest BCUT2D eigenvalue weighted by Gasteiger charge is -2.03. The number of benzene rings is 1. The van der Waals surface area contributed by atoms with Crippen molar-refractivity contribution in [2.75, 3.05) is 5.32 Å². The summed E-state index contributed by atoms with van der Waals surface area (Å²) < 4.78 is 0. The molecule has 0 aliphatic heterocycles. The number of pyridine rings is 1. The van der Waals surface area contributed by atoms with Gasteiger partial charge in [0.2, 0.25) is 0 Å². The topological polar surface area (TPSA) is 98.0 Å². The number of thiazole rings is 1. The molecule has 2 aromatic heterocycles. The van der Waals surface area contributed by atoms with Gasteiger partial charge >= 0.3 is 0 Å². The van der Waals surface area contributed by atoms with Crippen LogP contribution in [0, 0.1) is 17.0 Å². The second-order valence-electron chi connectivity index (χ2n) is 5.21. The molecule has 2 heterocycles. The van der Waals surface area contributed by atoms with Gasteiger partial charge in [0.15, 0.2) is 5.13 Å². The van der Waals surface area contributed by atoms with E-state index in [1.807, 2.05) is 0 Å². The summed E-state index contributed by atoms with van der Waals surface area (Å²) in [6.45, 7) is 1.66. The molecule has 0 bridgehead atoms. The Morgan fingerprint density at radius 2 is 2.00 bits per heavy atom. The quantitative estimate of drug-likeness (QED) is 0.372. The summed E-state index contributed by atoms with van der Waals surface area (Å²) in [6, 6.07) is 7.79. The molecule has 7 nitrogen and oxygen atoms in total. The number of nitro benzene ring substituents is 1. The molecule has 26 heavy (non-hydrogen) atoms. The average molecular weight is 409 g/mol. The number of anilines is 1. The number of aryl methyl sites for hydroxylation is 1. The summed E-state index contributed by atoms with van der Waals surface area (Å²) in [5.41, 5.74) is 1.65. The fourth-order valence-corrected chi connectivity index (χ4v) is 3.22. The summed E-state index contributed by atoms with van der Waals surface area (Å²) >= 11 is 12.9. The van der Waals surface area contributed by atoms with E-state index in [4.69, 9.17) is 23.2 Å². The van der Waals surface area contributed by atoms with E-state index in [1.54, 1.807) is 24.4 Å². The van der Waals surface area contributed by atoms with Gasteiger partial charge in [0.25, 0.3) is 11.6 Å². The lowest BCUT2D eigenvalue weighted by atomic mass is 10.1. The molecule has 1 amide bonds. The van der Waals surface area contributed by atoms with Gasteiger partial charge < -0.3 is 0 Å². The number of halogens is 2. The number of nitrogens with one attached hydrogen (secondary N) is 1. The molecule has 0 aliphatic carbocycles. The van der Waals surface area contributed by atoms with Crippen LogP contribution in [0.15, 0.2) is 35.7 Å². The van der Waals surface area contributed by atoms with Crippen molar-refractivity contribution in [3.63, 3.8) is 0 Å². The first-order chi connectivity index (χ1) is 12.3. The number of carbonyl (C=O) groups is 1. The summed E-state index contributed by atoms with van der Waals surface area (Å²) in [5, 5.41) is 16.0. The molecule has 0 saturated heterocycles. The predicted octanol–water partition coefficient (Wildman–Crippen LogP) is 4.98.